The number of hydrogen-bond acceptors (Lipinski definition) is 4. The summed E-state index contributed by atoms with van der Waals surface area (Å²) in [6, 6.07) is 9.49. The van der Waals surface area contributed by atoms with Crippen LogP contribution in [0.3, 0.4) is 0 Å². The summed E-state index contributed by atoms with van der Waals surface area (Å²) in [4.78, 5) is 30.4. The molecule has 1 aliphatic heterocycles. The zero-order chi connectivity index (χ0) is 16.5. The highest BCUT2D eigenvalue weighted by atomic mass is 16.7. The first kappa shape index (κ1) is 16.6. The third-order valence-electron chi connectivity index (χ3n) is 4.08. The second-order valence-electron chi connectivity index (χ2n) is 7.08. The highest BCUT2D eigenvalue weighted by molar-refractivity contribution is 6.00. The van der Waals surface area contributed by atoms with Crippen LogP contribution in [0.2, 0.25) is 0 Å². The lowest BCUT2D eigenvalue weighted by atomic mass is 9.79. The summed E-state index contributed by atoms with van der Waals surface area (Å²) in [5, 5.41) is 4.23. The van der Waals surface area contributed by atoms with Crippen molar-refractivity contribution in [2.75, 3.05) is 13.7 Å². The van der Waals surface area contributed by atoms with Crippen molar-refractivity contribution in [2.24, 2.45) is 10.8 Å². The summed E-state index contributed by atoms with van der Waals surface area (Å²) < 4.78 is 0. The lowest BCUT2D eigenvalue weighted by Crippen LogP contribution is -2.49. The van der Waals surface area contributed by atoms with Gasteiger partial charge in [0.05, 0.1) is 18.1 Å². The number of imide groups is 1. The smallest absolute Gasteiger partial charge is 0.236 e. The maximum absolute atomic E-state index is 12.7. The quantitative estimate of drug-likeness (QED) is 0.911. The minimum absolute atomic E-state index is 0.235. The van der Waals surface area contributed by atoms with Crippen LogP contribution in [0.4, 0.5) is 0 Å². The number of carbonyl (C=O) groups is 2. The van der Waals surface area contributed by atoms with Crippen LogP contribution in [-0.4, -0.2) is 30.5 Å². The van der Waals surface area contributed by atoms with E-state index in [1.807, 2.05) is 44.3 Å². The molecule has 0 saturated carbocycles. The molecule has 1 aliphatic rings. The summed E-state index contributed by atoms with van der Waals surface area (Å²) in [7, 11) is 1.81. The molecule has 5 heteroatoms. The van der Waals surface area contributed by atoms with Gasteiger partial charge in [-0.3, -0.25) is 19.7 Å². The molecule has 1 fully saturated rings. The number of nitrogens with one attached hydrogen (secondary N) is 1. The maximum Gasteiger partial charge on any atom is 0.236 e. The van der Waals surface area contributed by atoms with Crippen LogP contribution in [0, 0.1) is 10.8 Å². The molecule has 0 aromatic heterocycles. The summed E-state index contributed by atoms with van der Waals surface area (Å²) in [5.74, 6) is -0.578. The number of nitrogens with zero attached hydrogens (tertiary/aromatic N) is 1. The average Bonchev–Trinajstić information content (AvgIpc) is 2.75. The molecule has 0 aliphatic carbocycles. The van der Waals surface area contributed by atoms with Crippen LogP contribution in [0.15, 0.2) is 30.3 Å². The van der Waals surface area contributed by atoms with E-state index in [0.29, 0.717) is 0 Å². The Morgan fingerprint density at radius 2 is 1.86 bits per heavy atom. The van der Waals surface area contributed by atoms with Crippen LogP contribution < -0.4 is 5.32 Å². The molecule has 1 aromatic carbocycles. The fourth-order valence-corrected chi connectivity index (χ4v) is 2.63. The Hall–Kier alpha value is -1.72. The predicted molar refractivity (Wildman–Crippen MR) is 83.6 cm³/mol. The van der Waals surface area contributed by atoms with E-state index in [9.17, 15) is 9.59 Å². The fourth-order valence-electron chi connectivity index (χ4n) is 2.63. The highest BCUT2D eigenvalue weighted by Gasteiger charge is 2.51. The highest BCUT2D eigenvalue weighted by Crippen LogP contribution is 2.43. The van der Waals surface area contributed by atoms with Crippen LogP contribution in [0.25, 0.3) is 0 Å². The second-order valence-corrected chi connectivity index (χ2v) is 7.08. The van der Waals surface area contributed by atoms with Crippen molar-refractivity contribution >= 4 is 11.8 Å². The number of carbonyl (C=O) groups excluding carboxylic acids is 2. The van der Waals surface area contributed by atoms with Gasteiger partial charge in [0.1, 0.15) is 0 Å². The van der Waals surface area contributed by atoms with Gasteiger partial charge in [0.2, 0.25) is 11.8 Å². The number of benzene rings is 1. The van der Waals surface area contributed by atoms with E-state index in [2.05, 4.69) is 5.32 Å². The van der Waals surface area contributed by atoms with E-state index in [1.54, 1.807) is 25.8 Å². The van der Waals surface area contributed by atoms with E-state index < -0.39 is 10.8 Å². The Bertz CT molecular complexity index is 565. The molecule has 1 saturated heterocycles. The largest absolute Gasteiger partial charge is 0.297 e. The Labute approximate surface area is 131 Å². The molecule has 0 spiro atoms. The number of hydrogen-bond donors (Lipinski definition) is 1. The van der Waals surface area contributed by atoms with Crippen LogP contribution >= 0.6 is 0 Å². The van der Waals surface area contributed by atoms with Crippen LogP contribution in [0.5, 0.6) is 0 Å². The molecule has 0 bridgehead atoms. The molecule has 5 nitrogen and oxygen atoms in total. The van der Waals surface area contributed by atoms with Gasteiger partial charge in [-0.25, -0.2) is 0 Å². The van der Waals surface area contributed by atoms with Gasteiger partial charge in [0, 0.05) is 12.5 Å². The molecular formula is C17H24N2O3. The third-order valence-corrected chi connectivity index (χ3v) is 4.08. The Balaban J connectivity index is 2.27. The summed E-state index contributed by atoms with van der Waals surface area (Å²) in [5.41, 5.74) is -0.445. The van der Waals surface area contributed by atoms with Crippen molar-refractivity contribution in [3.05, 3.63) is 35.9 Å². The Kier molecular flexibility index (Phi) is 4.40. The normalized spacial score (nSPS) is 26.0. The fraction of sp³-hybridized carbons (Fsp3) is 0.529. The van der Waals surface area contributed by atoms with Crippen LogP contribution in [-0.2, 0) is 14.4 Å². The standard InChI is InChI=1S/C17H24N2O3/c1-16(2,3)14(20)18-15(21)17(4)11-22-19(5)13(17)12-9-7-6-8-10-12/h6-10,13H,11H2,1-5H3,(H,18,20,21)/t13-,17-/m0/s1. The molecular weight excluding hydrogens is 280 g/mol. The average molecular weight is 304 g/mol. The van der Waals surface area contributed by atoms with Crippen molar-refractivity contribution in [1.82, 2.24) is 10.4 Å². The molecule has 1 heterocycles. The topological polar surface area (TPSA) is 58.6 Å². The molecule has 1 aromatic rings. The van der Waals surface area contributed by atoms with Crippen molar-refractivity contribution in [3.8, 4) is 0 Å². The minimum Gasteiger partial charge on any atom is -0.297 e. The van der Waals surface area contributed by atoms with E-state index >= 15 is 0 Å². The Morgan fingerprint density at radius 3 is 2.41 bits per heavy atom. The SMILES string of the molecule is CN1OC[C@](C)(C(=O)NC(=O)C(C)(C)C)[C@@H]1c1ccccc1. The molecule has 0 unspecified atom stereocenters. The summed E-state index contributed by atoms with van der Waals surface area (Å²) in [6.07, 6.45) is 0. The van der Waals surface area contributed by atoms with Crippen molar-refractivity contribution in [3.63, 3.8) is 0 Å². The van der Waals surface area contributed by atoms with Gasteiger partial charge in [-0.1, -0.05) is 51.1 Å². The zero-order valence-corrected chi connectivity index (χ0v) is 13.8. The van der Waals surface area contributed by atoms with Gasteiger partial charge in [0.25, 0.3) is 0 Å². The van der Waals surface area contributed by atoms with Gasteiger partial charge >= 0.3 is 0 Å². The first-order valence-corrected chi connectivity index (χ1v) is 7.43. The van der Waals surface area contributed by atoms with Gasteiger partial charge in [-0.2, -0.15) is 5.06 Å². The van der Waals surface area contributed by atoms with E-state index in [-0.39, 0.29) is 24.5 Å². The van der Waals surface area contributed by atoms with Gasteiger partial charge in [0.15, 0.2) is 0 Å². The molecule has 120 valence electrons. The van der Waals surface area contributed by atoms with Crippen LogP contribution in [0.1, 0.15) is 39.3 Å². The molecule has 2 atom stereocenters. The van der Waals surface area contributed by atoms with E-state index in [0.717, 1.165) is 5.56 Å². The monoisotopic (exact) mass is 304 g/mol. The number of hydroxylamine groups is 2. The third kappa shape index (κ3) is 3.05. The number of rotatable bonds is 2. The summed E-state index contributed by atoms with van der Waals surface area (Å²) >= 11 is 0. The predicted octanol–water partition coefficient (Wildman–Crippen LogP) is 2.30. The maximum atomic E-state index is 12.7. The molecule has 22 heavy (non-hydrogen) atoms. The van der Waals surface area contributed by atoms with Gasteiger partial charge < -0.3 is 0 Å². The molecule has 1 N–H and O–H groups in total. The minimum atomic E-state index is -0.822. The van der Waals surface area contributed by atoms with Gasteiger partial charge in [-0.05, 0) is 12.5 Å². The van der Waals surface area contributed by atoms with Crippen molar-refractivity contribution in [2.45, 2.75) is 33.7 Å². The first-order valence-electron chi connectivity index (χ1n) is 7.43. The lowest BCUT2D eigenvalue weighted by Gasteiger charge is -2.31. The van der Waals surface area contributed by atoms with Gasteiger partial charge in [-0.15, -0.1) is 0 Å². The lowest BCUT2D eigenvalue weighted by molar-refractivity contribution is -0.140. The van der Waals surface area contributed by atoms with E-state index in [4.69, 9.17) is 4.84 Å². The second kappa shape index (κ2) is 5.82. The Morgan fingerprint density at radius 1 is 1.27 bits per heavy atom. The van der Waals surface area contributed by atoms with E-state index in [1.165, 1.54) is 0 Å². The molecule has 0 radical (unpaired) electrons. The molecule has 2 rings (SSSR count). The van der Waals surface area contributed by atoms with Crippen molar-refractivity contribution < 1.29 is 14.4 Å². The van der Waals surface area contributed by atoms with Crippen molar-refractivity contribution in [1.29, 1.82) is 0 Å². The zero-order valence-electron chi connectivity index (χ0n) is 13.8. The summed E-state index contributed by atoms with van der Waals surface area (Å²) in [6.45, 7) is 7.42. The number of amides is 2. The first-order chi connectivity index (χ1) is 10.2. The molecule has 2 amide bonds.